The number of hydrogen-bond acceptors (Lipinski definition) is 9. The number of halogens is 4. The van der Waals surface area contributed by atoms with Crippen molar-refractivity contribution in [3.63, 3.8) is 0 Å². The van der Waals surface area contributed by atoms with Gasteiger partial charge in [-0.15, -0.1) is 13.2 Å². The quantitative estimate of drug-likeness (QED) is 0.150. The number of ether oxygens (including phenoxy) is 3. The molecule has 2 bridgehead atoms. The van der Waals surface area contributed by atoms with E-state index in [2.05, 4.69) is 19.8 Å². The first-order valence-electron chi connectivity index (χ1n) is 14.1. The second-order valence-electron chi connectivity index (χ2n) is 11.2. The summed E-state index contributed by atoms with van der Waals surface area (Å²) in [7, 11) is 1.25. The van der Waals surface area contributed by atoms with E-state index >= 15 is 0 Å². The molecule has 4 heterocycles. The molecule has 8 nitrogen and oxygen atoms in total. The van der Waals surface area contributed by atoms with Crippen molar-refractivity contribution in [2.24, 2.45) is 0 Å². The van der Waals surface area contributed by atoms with Crippen molar-refractivity contribution in [2.45, 2.75) is 75.6 Å². The summed E-state index contributed by atoms with van der Waals surface area (Å²) >= 11 is 1.35. The van der Waals surface area contributed by atoms with Crippen LogP contribution < -0.4 is 9.64 Å². The maximum Gasteiger partial charge on any atom is 0.573 e. The van der Waals surface area contributed by atoms with Crippen molar-refractivity contribution in [2.75, 3.05) is 12.0 Å². The first kappa shape index (κ1) is 28.1. The molecule has 0 unspecified atom stereocenters. The number of benzene rings is 2. The molecule has 1 aliphatic carbocycles. The van der Waals surface area contributed by atoms with Gasteiger partial charge in [-0.25, -0.2) is 14.2 Å². The Bertz CT molecular complexity index is 1670. The SMILES string of the molecule is COC(=O)c1cc(F)c2nc(N3[C@@H]4CC[C@H]3C[C@@H](OCc3c(-c5ccccc5OC(F)(F)F)noc3C3CC3)C4)sc2c1. The molecule has 0 spiro atoms. The summed E-state index contributed by atoms with van der Waals surface area (Å²) in [5.74, 6) is -0.688. The van der Waals surface area contributed by atoms with Gasteiger partial charge in [-0.3, -0.25) is 0 Å². The minimum Gasteiger partial charge on any atom is -0.465 e. The third-order valence-corrected chi connectivity index (χ3v) is 9.38. The minimum atomic E-state index is -4.85. The molecule has 2 aromatic carbocycles. The Morgan fingerprint density at radius 3 is 2.56 bits per heavy atom. The van der Waals surface area contributed by atoms with E-state index in [4.69, 9.17) is 14.0 Å². The topological polar surface area (TPSA) is 86.9 Å². The van der Waals surface area contributed by atoms with Crippen LogP contribution in [0.1, 0.15) is 66.1 Å². The molecule has 0 amide bonds. The fourth-order valence-corrected chi connectivity index (χ4v) is 7.48. The van der Waals surface area contributed by atoms with Crippen LogP contribution >= 0.6 is 11.3 Å². The molecule has 43 heavy (non-hydrogen) atoms. The number of anilines is 1. The van der Waals surface area contributed by atoms with Gasteiger partial charge in [-0.1, -0.05) is 28.6 Å². The van der Waals surface area contributed by atoms with Crippen LogP contribution in [0.5, 0.6) is 5.75 Å². The van der Waals surface area contributed by atoms with Crippen LogP contribution in [0.4, 0.5) is 22.7 Å². The largest absolute Gasteiger partial charge is 0.573 e. The third kappa shape index (κ3) is 5.44. The van der Waals surface area contributed by atoms with Crippen LogP contribution in [0, 0.1) is 5.82 Å². The molecule has 2 saturated heterocycles. The van der Waals surface area contributed by atoms with Crippen LogP contribution in [0.3, 0.4) is 0 Å². The highest BCUT2D eigenvalue weighted by Crippen LogP contribution is 2.47. The average molecular weight is 618 g/mol. The van der Waals surface area contributed by atoms with Gasteiger partial charge in [-0.05, 0) is 62.8 Å². The number of piperidine rings is 1. The molecule has 2 aliphatic heterocycles. The molecule has 3 fully saturated rings. The highest BCUT2D eigenvalue weighted by molar-refractivity contribution is 7.22. The zero-order valence-electron chi connectivity index (χ0n) is 23.0. The number of carbonyl (C=O) groups is 1. The lowest BCUT2D eigenvalue weighted by Gasteiger charge is -2.38. The Morgan fingerprint density at radius 1 is 1.12 bits per heavy atom. The van der Waals surface area contributed by atoms with Gasteiger partial charge < -0.3 is 23.6 Å². The van der Waals surface area contributed by atoms with Gasteiger partial charge in [0.1, 0.15) is 22.7 Å². The lowest BCUT2D eigenvalue weighted by atomic mass is 10.00. The van der Waals surface area contributed by atoms with Gasteiger partial charge >= 0.3 is 12.3 Å². The predicted molar refractivity (Wildman–Crippen MR) is 149 cm³/mol. The smallest absolute Gasteiger partial charge is 0.465 e. The van der Waals surface area contributed by atoms with Crippen molar-refractivity contribution < 1.29 is 41.1 Å². The van der Waals surface area contributed by atoms with E-state index < -0.39 is 18.1 Å². The lowest BCUT2D eigenvalue weighted by molar-refractivity contribution is -0.274. The van der Waals surface area contributed by atoms with Gasteiger partial charge in [0, 0.05) is 29.1 Å². The number of nitrogens with zero attached hydrogens (tertiary/aromatic N) is 3. The number of rotatable bonds is 8. The molecule has 2 aromatic heterocycles. The van der Waals surface area contributed by atoms with Gasteiger partial charge in [0.2, 0.25) is 0 Å². The maximum absolute atomic E-state index is 14.8. The molecule has 4 aromatic rings. The monoisotopic (exact) mass is 617 g/mol. The van der Waals surface area contributed by atoms with E-state index in [1.807, 2.05) is 0 Å². The predicted octanol–water partition coefficient (Wildman–Crippen LogP) is 7.37. The molecule has 226 valence electrons. The van der Waals surface area contributed by atoms with Crippen molar-refractivity contribution in [3.05, 3.63) is 59.1 Å². The first-order valence-corrected chi connectivity index (χ1v) is 14.9. The summed E-state index contributed by atoms with van der Waals surface area (Å²) < 4.78 is 75.8. The molecule has 3 aliphatic rings. The third-order valence-electron chi connectivity index (χ3n) is 8.37. The Kier molecular flexibility index (Phi) is 7.04. The second-order valence-corrected chi connectivity index (χ2v) is 12.2. The lowest BCUT2D eigenvalue weighted by Crippen LogP contribution is -2.45. The fraction of sp³-hybridized carbons (Fsp3) is 0.433. The number of methoxy groups -OCH3 is 1. The van der Waals surface area contributed by atoms with Crippen LogP contribution in [-0.4, -0.2) is 47.8 Å². The molecule has 13 heteroatoms. The maximum atomic E-state index is 14.8. The summed E-state index contributed by atoms with van der Waals surface area (Å²) in [4.78, 5) is 18.8. The zero-order valence-corrected chi connectivity index (χ0v) is 23.8. The van der Waals surface area contributed by atoms with Crippen LogP contribution in [0.25, 0.3) is 21.5 Å². The number of alkyl halides is 3. The summed E-state index contributed by atoms with van der Waals surface area (Å²) in [6.45, 7) is 0.151. The summed E-state index contributed by atoms with van der Waals surface area (Å²) in [6.07, 6.45) is 0.215. The second kappa shape index (κ2) is 10.8. The summed E-state index contributed by atoms with van der Waals surface area (Å²) in [6, 6.07) is 8.93. The van der Waals surface area contributed by atoms with Gasteiger partial charge in [0.25, 0.3) is 0 Å². The fourth-order valence-electron chi connectivity index (χ4n) is 6.32. The number of para-hydroxylation sites is 1. The highest BCUT2D eigenvalue weighted by atomic mass is 32.1. The number of carbonyl (C=O) groups excluding carboxylic acids is 1. The first-order chi connectivity index (χ1) is 20.7. The number of hydrogen-bond donors (Lipinski definition) is 0. The molecule has 0 N–H and O–H groups in total. The summed E-state index contributed by atoms with van der Waals surface area (Å²) in [5, 5.41) is 4.88. The minimum absolute atomic E-state index is 0.0951. The standard InChI is InChI=1S/C30H27F4N3O5S/c1-39-28(38)16-10-22(31)26-24(11-16)43-29(35-26)37-17-8-9-18(37)13-19(12-17)40-14-21-25(36-42-27(21)15-6-7-15)20-4-2-3-5-23(20)41-30(32,33)34/h2-5,10-11,15,17-19H,6-9,12-14H2,1H3/t17-,18+,19+. The Balaban J connectivity index is 1.10. The van der Waals surface area contributed by atoms with Gasteiger partial charge in [0.05, 0.1) is 30.1 Å². The Hall–Kier alpha value is -3.71. The van der Waals surface area contributed by atoms with E-state index in [1.165, 1.54) is 36.6 Å². The Labute approximate surface area is 247 Å². The van der Waals surface area contributed by atoms with E-state index in [-0.39, 0.29) is 53.1 Å². The van der Waals surface area contributed by atoms with E-state index in [1.54, 1.807) is 12.1 Å². The molecular weight excluding hydrogens is 590 g/mol. The van der Waals surface area contributed by atoms with E-state index in [0.717, 1.165) is 44.6 Å². The van der Waals surface area contributed by atoms with Crippen LogP contribution in [0.2, 0.25) is 0 Å². The molecular formula is C30H27F4N3O5S. The number of aromatic nitrogens is 2. The Morgan fingerprint density at radius 2 is 1.86 bits per heavy atom. The molecule has 3 atom stereocenters. The zero-order chi connectivity index (χ0) is 29.9. The number of esters is 1. The average Bonchev–Trinajstić information content (AvgIpc) is 3.48. The van der Waals surface area contributed by atoms with Crippen molar-refractivity contribution >= 4 is 32.7 Å². The number of thiazole rings is 1. The van der Waals surface area contributed by atoms with Crippen molar-refractivity contribution in [3.8, 4) is 17.0 Å². The van der Waals surface area contributed by atoms with E-state index in [9.17, 15) is 22.4 Å². The highest BCUT2D eigenvalue weighted by Gasteiger charge is 2.43. The molecule has 1 saturated carbocycles. The summed E-state index contributed by atoms with van der Waals surface area (Å²) in [5.41, 5.74) is 1.52. The normalized spacial score (nSPS) is 21.9. The van der Waals surface area contributed by atoms with E-state index in [0.29, 0.717) is 26.8 Å². The van der Waals surface area contributed by atoms with Crippen LogP contribution in [0.15, 0.2) is 40.9 Å². The van der Waals surface area contributed by atoms with Crippen molar-refractivity contribution in [1.29, 1.82) is 0 Å². The molecule has 0 radical (unpaired) electrons. The molecule has 7 rings (SSSR count). The van der Waals surface area contributed by atoms with Gasteiger partial charge in [0.15, 0.2) is 10.9 Å². The van der Waals surface area contributed by atoms with Gasteiger partial charge in [-0.2, -0.15) is 0 Å². The van der Waals surface area contributed by atoms with Crippen LogP contribution in [-0.2, 0) is 16.1 Å². The number of fused-ring (bicyclic) bond motifs is 3. The van der Waals surface area contributed by atoms with Crippen molar-refractivity contribution in [1.82, 2.24) is 10.1 Å².